The lowest BCUT2D eigenvalue weighted by Crippen LogP contribution is -2.40. The Morgan fingerprint density at radius 3 is 2.51 bits per heavy atom. The minimum Gasteiger partial charge on any atom is -0.393 e. The van der Waals surface area contributed by atoms with Crippen LogP contribution in [0.15, 0.2) is 48.7 Å². The summed E-state index contributed by atoms with van der Waals surface area (Å²) in [5, 5.41) is 10.5. The number of hydrogen-bond donors (Lipinski definition) is 3. The summed E-state index contributed by atoms with van der Waals surface area (Å²) in [5.41, 5.74) is 10.5. The fourth-order valence-corrected chi connectivity index (χ4v) is 6.60. The van der Waals surface area contributed by atoms with E-state index in [2.05, 4.69) is 11.1 Å². The summed E-state index contributed by atoms with van der Waals surface area (Å²) in [4.78, 5) is 15.1. The number of sulfonamides is 1. The van der Waals surface area contributed by atoms with Crippen LogP contribution in [0.4, 0.5) is 0 Å². The normalized spacial score (nSPS) is 17.2. The molecule has 1 fully saturated rings. The van der Waals surface area contributed by atoms with Crippen LogP contribution >= 0.6 is 0 Å². The molecule has 1 aliphatic rings. The first-order valence-corrected chi connectivity index (χ1v) is 14.5. The summed E-state index contributed by atoms with van der Waals surface area (Å²) >= 11 is 0. The summed E-state index contributed by atoms with van der Waals surface area (Å²) in [5.74, 6) is -0.244. The van der Waals surface area contributed by atoms with Crippen LogP contribution in [0.3, 0.4) is 0 Å². The molecule has 2 heterocycles. The van der Waals surface area contributed by atoms with Crippen LogP contribution < -0.4 is 5.73 Å². The third-order valence-electron chi connectivity index (χ3n) is 7.08. The van der Waals surface area contributed by atoms with Crippen molar-refractivity contribution in [2.75, 3.05) is 25.4 Å². The number of nitrogens with two attached hydrogens (primary N) is 1. The van der Waals surface area contributed by atoms with Crippen LogP contribution in [0.1, 0.15) is 50.2 Å². The summed E-state index contributed by atoms with van der Waals surface area (Å²) in [6.07, 6.45) is 3.37. The second-order valence-corrected chi connectivity index (χ2v) is 12.2. The Morgan fingerprint density at radius 1 is 1.16 bits per heavy atom. The lowest BCUT2D eigenvalue weighted by molar-refractivity contribution is -0.117. The van der Waals surface area contributed by atoms with E-state index in [4.69, 9.17) is 10.5 Å². The summed E-state index contributed by atoms with van der Waals surface area (Å²) in [6, 6.07) is 14.2. The third-order valence-corrected chi connectivity index (χ3v) is 8.91. The fraction of sp³-hybridized carbons (Fsp3) is 0.464. The lowest BCUT2D eigenvalue weighted by Gasteiger charge is -2.31. The van der Waals surface area contributed by atoms with Gasteiger partial charge in [0, 0.05) is 30.2 Å². The van der Waals surface area contributed by atoms with Crippen molar-refractivity contribution in [3.8, 4) is 11.1 Å². The van der Waals surface area contributed by atoms with Crippen molar-refractivity contribution in [2.24, 2.45) is 5.73 Å². The van der Waals surface area contributed by atoms with Crippen molar-refractivity contribution in [3.05, 3.63) is 59.8 Å². The van der Waals surface area contributed by atoms with Crippen LogP contribution in [0.5, 0.6) is 0 Å². The number of nitrogens with one attached hydrogen (secondary N) is 1. The highest BCUT2D eigenvalue weighted by Crippen LogP contribution is 2.37. The minimum atomic E-state index is -3.42. The number of rotatable bonds is 11. The third kappa shape index (κ3) is 6.78. The number of benzene rings is 2. The van der Waals surface area contributed by atoms with Crippen molar-refractivity contribution in [1.82, 2.24) is 9.29 Å². The van der Waals surface area contributed by atoms with E-state index in [9.17, 15) is 18.3 Å². The Labute approximate surface area is 218 Å². The molecule has 37 heavy (non-hydrogen) atoms. The molecule has 8 nitrogen and oxygen atoms in total. The quantitative estimate of drug-likeness (QED) is 0.352. The molecule has 0 spiro atoms. The number of aromatic amines is 1. The van der Waals surface area contributed by atoms with Gasteiger partial charge in [0.25, 0.3) is 0 Å². The second kappa shape index (κ2) is 11.8. The fourth-order valence-electron chi connectivity index (χ4n) is 5.27. The average molecular weight is 528 g/mol. The first-order valence-electron chi connectivity index (χ1n) is 12.9. The van der Waals surface area contributed by atoms with Gasteiger partial charge in [-0.2, -0.15) is 0 Å². The van der Waals surface area contributed by atoms with Crippen LogP contribution in [-0.4, -0.2) is 66.4 Å². The van der Waals surface area contributed by atoms with Crippen LogP contribution in [-0.2, 0) is 26.0 Å². The SMILES string of the molecule is C[C@H](O)C[C@H](C)OCCS(=O)(=O)N1CCC(c2c[nH]c3c(CC(N)=O)cc(-c4ccccc4)cc23)CC1. The highest BCUT2D eigenvalue weighted by atomic mass is 32.2. The van der Waals surface area contributed by atoms with E-state index < -0.39 is 16.1 Å². The van der Waals surface area contributed by atoms with Gasteiger partial charge in [0.1, 0.15) is 0 Å². The molecule has 0 unspecified atom stereocenters. The Kier molecular flexibility index (Phi) is 8.69. The van der Waals surface area contributed by atoms with Gasteiger partial charge >= 0.3 is 0 Å². The second-order valence-electron chi connectivity index (χ2n) is 10.1. The number of aliphatic hydroxyl groups excluding tert-OH is 1. The highest BCUT2D eigenvalue weighted by molar-refractivity contribution is 7.89. The average Bonchev–Trinajstić information content (AvgIpc) is 3.28. The molecule has 9 heteroatoms. The zero-order chi connectivity index (χ0) is 26.6. The molecule has 0 saturated carbocycles. The Balaban J connectivity index is 1.48. The molecule has 1 amide bonds. The first-order chi connectivity index (χ1) is 17.6. The van der Waals surface area contributed by atoms with Gasteiger partial charge in [-0.3, -0.25) is 4.79 Å². The van der Waals surface area contributed by atoms with Crippen molar-refractivity contribution in [2.45, 2.75) is 57.7 Å². The number of carbonyl (C=O) groups excluding carboxylic acids is 1. The zero-order valence-corrected chi connectivity index (χ0v) is 22.3. The molecule has 200 valence electrons. The molecule has 0 bridgehead atoms. The molecule has 1 aliphatic heterocycles. The molecule has 1 aromatic heterocycles. The van der Waals surface area contributed by atoms with Crippen molar-refractivity contribution < 1.29 is 23.1 Å². The van der Waals surface area contributed by atoms with Crippen LogP contribution in [0, 0.1) is 0 Å². The minimum absolute atomic E-state index is 0.0637. The molecule has 4 N–H and O–H groups in total. The lowest BCUT2D eigenvalue weighted by atomic mass is 9.88. The Morgan fingerprint density at radius 2 is 1.86 bits per heavy atom. The Bertz CT molecular complexity index is 1310. The molecule has 1 saturated heterocycles. The topological polar surface area (TPSA) is 126 Å². The van der Waals surface area contributed by atoms with E-state index in [1.54, 1.807) is 11.2 Å². The van der Waals surface area contributed by atoms with E-state index in [1.165, 1.54) is 0 Å². The van der Waals surface area contributed by atoms with E-state index in [1.807, 2.05) is 49.5 Å². The van der Waals surface area contributed by atoms with Gasteiger partial charge in [-0.05, 0) is 73.4 Å². The number of aliphatic hydroxyl groups is 1. The van der Waals surface area contributed by atoms with E-state index in [0.717, 1.165) is 33.2 Å². The van der Waals surface area contributed by atoms with Crippen molar-refractivity contribution >= 4 is 26.8 Å². The van der Waals surface area contributed by atoms with Gasteiger partial charge in [0.2, 0.25) is 15.9 Å². The van der Waals surface area contributed by atoms with Gasteiger partial charge in [-0.25, -0.2) is 12.7 Å². The number of piperidine rings is 1. The van der Waals surface area contributed by atoms with E-state index in [0.29, 0.717) is 32.4 Å². The summed E-state index contributed by atoms with van der Waals surface area (Å²) in [7, 11) is -3.42. The van der Waals surface area contributed by atoms with E-state index in [-0.39, 0.29) is 36.7 Å². The number of carbonyl (C=O) groups is 1. The van der Waals surface area contributed by atoms with Crippen LogP contribution in [0.2, 0.25) is 0 Å². The number of aromatic nitrogens is 1. The molecule has 0 aliphatic carbocycles. The number of nitrogens with zero attached hydrogens (tertiary/aromatic N) is 1. The predicted octanol–water partition coefficient (Wildman–Crippen LogP) is 3.55. The molecule has 4 rings (SSSR count). The van der Waals surface area contributed by atoms with Gasteiger partial charge in [-0.15, -0.1) is 0 Å². The molecular formula is C28H37N3O5S. The largest absolute Gasteiger partial charge is 0.393 e. The molecule has 2 atom stereocenters. The summed E-state index contributed by atoms with van der Waals surface area (Å²) < 4.78 is 32.9. The van der Waals surface area contributed by atoms with Gasteiger partial charge in [0.05, 0.1) is 31.0 Å². The first kappa shape index (κ1) is 27.3. The van der Waals surface area contributed by atoms with Gasteiger partial charge in [-0.1, -0.05) is 30.3 Å². The molecule has 0 radical (unpaired) electrons. The standard InChI is InChI=1S/C28H37N3O5S/c1-19(32)14-20(2)36-12-13-37(34,35)31-10-8-22(9-11-31)26-18-30-28-24(17-27(29)33)15-23(16-25(26)28)21-6-4-3-5-7-21/h3-7,15-16,18-20,22,30,32H,8-14,17H2,1-2H3,(H2,29,33)/t19-,20-/m0/s1. The monoisotopic (exact) mass is 527 g/mol. The molecular weight excluding hydrogens is 490 g/mol. The number of amides is 1. The van der Waals surface area contributed by atoms with Crippen LogP contribution in [0.25, 0.3) is 22.0 Å². The number of primary amides is 1. The highest BCUT2D eigenvalue weighted by Gasteiger charge is 2.30. The number of hydrogen-bond acceptors (Lipinski definition) is 5. The maximum atomic E-state index is 12.9. The number of ether oxygens (including phenoxy) is 1. The summed E-state index contributed by atoms with van der Waals surface area (Å²) in [6.45, 7) is 4.55. The van der Waals surface area contributed by atoms with Crippen molar-refractivity contribution in [3.63, 3.8) is 0 Å². The smallest absolute Gasteiger partial charge is 0.221 e. The maximum Gasteiger partial charge on any atom is 0.221 e. The van der Waals surface area contributed by atoms with E-state index >= 15 is 0 Å². The predicted molar refractivity (Wildman–Crippen MR) is 146 cm³/mol. The molecule has 2 aromatic carbocycles. The van der Waals surface area contributed by atoms with Gasteiger partial charge < -0.3 is 20.6 Å². The maximum absolute atomic E-state index is 12.9. The Hall–Kier alpha value is -2.72. The zero-order valence-electron chi connectivity index (χ0n) is 21.5. The molecule has 3 aromatic rings. The van der Waals surface area contributed by atoms with Crippen molar-refractivity contribution in [1.29, 1.82) is 0 Å². The van der Waals surface area contributed by atoms with Gasteiger partial charge in [0.15, 0.2) is 0 Å². The number of fused-ring (bicyclic) bond motifs is 1. The number of H-pyrrole nitrogens is 1.